The molecule has 2 atom stereocenters. The third-order valence-corrected chi connectivity index (χ3v) is 4.83. The molecule has 0 radical (unpaired) electrons. The van der Waals surface area contributed by atoms with Crippen molar-refractivity contribution in [2.24, 2.45) is 5.92 Å². The Morgan fingerprint density at radius 3 is 3.00 bits per heavy atom. The van der Waals surface area contributed by atoms with Crippen molar-refractivity contribution in [2.45, 2.75) is 12.5 Å². The second kappa shape index (κ2) is 6.07. The number of piperazine rings is 1. The van der Waals surface area contributed by atoms with Crippen molar-refractivity contribution >= 4 is 17.7 Å². The summed E-state index contributed by atoms with van der Waals surface area (Å²) in [4.78, 5) is 16.2. The molecule has 98 valence electrons. The number of amides is 1. The van der Waals surface area contributed by atoms with E-state index in [0.29, 0.717) is 0 Å². The molecule has 5 heteroatoms. The molecule has 0 saturated carbocycles. The van der Waals surface area contributed by atoms with E-state index in [0.717, 1.165) is 32.1 Å². The molecule has 2 unspecified atom stereocenters. The van der Waals surface area contributed by atoms with Gasteiger partial charge in [0, 0.05) is 40.3 Å². The van der Waals surface area contributed by atoms with Crippen LogP contribution in [-0.4, -0.2) is 73.5 Å². The molecular weight excluding hydrogens is 234 g/mol. The topological polar surface area (TPSA) is 35.6 Å². The summed E-state index contributed by atoms with van der Waals surface area (Å²) in [5.74, 6) is 3.59. The van der Waals surface area contributed by atoms with E-state index in [2.05, 4.69) is 10.2 Å². The van der Waals surface area contributed by atoms with Gasteiger partial charge in [-0.2, -0.15) is 11.8 Å². The minimum absolute atomic E-state index is 0.0457. The van der Waals surface area contributed by atoms with Crippen LogP contribution in [0.25, 0.3) is 0 Å². The van der Waals surface area contributed by atoms with Crippen LogP contribution >= 0.6 is 11.8 Å². The number of hydrogen-bond acceptors (Lipinski definition) is 4. The summed E-state index contributed by atoms with van der Waals surface area (Å²) in [7, 11) is 3.70. The number of carbonyl (C=O) groups excluding carboxylic acids is 1. The van der Waals surface area contributed by atoms with Crippen molar-refractivity contribution in [3.05, 3.63) is 0 Å². The van der Waals surface area contributed by atoms with Gasteiger partial charge < -0.3 is 10.2 Å². The summed E-state index contributed by atoms with van der Waals surface area (Å²) in [5, 5.41) is 3.33. The number of carbonyl (C=O) groups is 1. The van der Waals surface area contributed by atoms with E-state index in [9.17, 15) is 4.79 Å². The largest absolute Gasteiger partial charge is 0.347 e. The fourth-order valence-corrected chi connectivity index (χ4v) is 3.84. The van der Waals surface area contributed by atoms with Crippen LogP contribution in [0.3, 0.4) is 0 Å². The summed E-state index contributed by atoms with van der Waals surface area (Å²) in [6, 6.07) is 0.0457. The van der Waals surface area contributed by atoms with Gasteiger partial charge in [-0.15, -0.1) is 0 Å². The fraction of sp³-hybridized carbons (Fsp3) is 0.917. The summed E-state index contributed by atoms with van der Waals surface area (Å²) in [6.07, 6.45) is 1.32. The molecule has 1 N–H and O–H groups in total. The summed E-state index contributed by atoms with van der Waals surface area (Å²) in [5.41, 5.74) is 0. The van der Waals surface area contributed by atoms with Crippen molar-refractivity contribution in [1.82, 2.24) is 15.1 Å². The molecular formula is C12H23N3OS. The smallest absolute Gasteiger partial charge is 0.240 e. The molecule has 2 heterocycles. The number of likely N-dealkylation sites (N-methyl/N-ethyl adjacent to an activating group) is 1. The molecule has 0 aromatic heterocycles. The molecule has 2 rings (SSSR count). The van der Waals surface area contributed by atoms with Crippen LogP contribution in [0.1, 0.15) is 6.42 Å². The molecule has 17 heavy (non-hydrogen) atoms. The number of nitrogens with one attached hydrogen (secondary N) is 1. The average molecular weight is 257 g/mol. The molecule has 1 amide bonds. The summed E-state index contributed by atoms with van der Waals surface area (Å²) in [6.45, 7) is 3.91. The molecule has 2 aliphatic heterocycles. The van der Waals surface area contributed by atoms with Crippen molar-refractivity contribution < 1.29 is 4.79 Å². The van der Waals surface area contributed by atoms with Gasteiger partial charge in [-0.1, -0.05) is 0 Å². The Balaban J connectivity index is 1.93. The zero-order chi connectivity index (χ0) is 12.3. The first-order valence-corrected chi connectivity index (χ1v) is 7.57. The third-order valence-electron chi connectivity index (χ3n) is 3.60. The van der Waals surface area contributed by atoms with Crippen LogP contribution < -0.4 is 5.32 Å². The van der Waals surface area contributed by atoms with E-state index in [1.54, 1.807) is 4.90 Å². The Kier molecular flexibility index (Phi) is 4.70. The SMILES string of the molecule is CN(C)C(=O)C1CNCCN1CC1CCSC1. The first kappa shape index (κ1) is 13.2. The van der Waals surface area contributed by atoms with Crippen molar-refractivity contribution in [2.75, 3.05) is 51.8 Å². The van der Waals surface area contributed by atoms with E-state index in [1.165, 1.54) is 17.9 Å². The minimum atomic E-state index is 0.0457. The van der Waals surface area contributed by atoms with Gasteiger partial charge in [-0.05, 0) is 23.8 Å². The van der Waals surface area contributed by atoms with Crippen molar-refractivity contribution in [3.63, 3.8) is 0 Å². The Bertz CT molecular complexity index is 266. The Hall–Kier alpha value is -0.260. The van der Waals surface area contributed by atoms with Crippen LogP contribution in [-0.2, 0) is 4.79 Å². The highest BCUT2D eigenvalue weighted by molar-refractivity contribution is 7.99. The monoisotopic (exact) mass is 257 g/mol. The van der Waals surface area contributed by atoms with E-state index < -0.39 is 0 Å². The van der Waals surface area contributed by atoms with Crippen LogP contribution in [0.5, 0.6) is 0 Å². The van der Waals surface area contributed by atoms with Crippen LogP contribution in [0, 0.1) is 5.92 Å². The predicted octanol–water partition coefficient (Wildman–Crippen LogP) is 0.102. The summed E-state index contributed by atoms with van der Waals surface area (Å²) >= 11 is 2.05. The van der Waals surface area contributed by atoms with Crippen LogP contribution in [0.15, 0.2) is 0 Å². The van der Waals surface area contributed by atoms with E-state index in [1.807, 2.05) is 25.9 Å². The van der Waals surface area contributed by atoms with Crippen LogP contribution in [0.2, 0.25) is 0 Å². The van der Waals surface area contributed by atoms with Crippen molar-refractivity contribution in [1.29, 1.82) is 0 Å². The lowest BCUT2D eigenvalue weighted by Crippen LogP contribution is -2.58. The van der Waals surface area contributed by atoms with Gasteiger partial charge in [0.1, 0.15) is 6.04 Å². The molecule has 0 aromatic carbocycles. The van der Waals surface area contributed by atoms with Gasteiger partial charge in [0.05, 0.1) is 0 Å². The quantitative estimate of drug-likeness (QED) is 0.778. The van der Waals surface area contributed by atoms with E-state index >= 15 is 0 Å². The highest BCUT2D eigenvalue weighted by Gasteiger charge is 2.31. The zero-order valence-corrected chi connectivity index (χ0v) is 11.6. The Morgan fingerprint density at radius 1 is 1.53 bits per heavy atom. The predicted molar refractivity (Wildman–Crippen MR) is 72.4 cm³/mol. The van der Waals surface area contributed by atoms with Gasteiger partial charge in [-0.25, -0.2) is 0 Å². The maximum atomic E-state index is 12.1. The number of thioether (sulfide) groups is 1. The zero-order valence-electron chi connectivity index (χ0n) is 10.8. The highest BCUT2D eigenvalue weighted by atomic mass is 32.2. The molecule has 0 aliphatic carbocycles. The highest BCUT2D eigenvalue weighted by Crippen LogP contribution is 2.25. The Morgan fingerprint density at radius 2 is 2.35 bits per heavy atom. The Labute approximate surface area is 108 Å². The van der Waals surface area contributed by atoms with Crippen molar-refractivity contribution in [3.8, 4) is 0 Å². The first-order chi connectivity index (χ1) is 8.18. The van der Waals surface area contributed by atoms with Gasteiger partial charge in [0.2, 0.25) is 5.91 Å². The molecule has 2 fully saturated rings. The summed E-state index contributed by atoms with van der Waals surface area (Å²) < 4.78 is 0. The second-order valence-corrected chi connectivity index (χ2v) is 6.33. The standard InChI is InChI=1S/C12H23N3OS/c1-14(2)12(16)11-7-13-4-5-15(11)8-10-3-6-17-9-10/h10-11,13H,3-9H2,1-2H3. The minimum Gasteiger partial charge on any atom is -0.347 e. The maximum Gasteiger partial charge on any atom is 0.240 e. The third kappa shape index (κ3) is 3.36. The van der Waals surface area contributed by atoms with Gasteiger partial charge in [-0.3, -0.25) is 9.69 Å². The fourth-order valence-electron chi connectivity index (χ4n) is 2.57. The number of nitrogens with zero attached hydrogens (tertiary/aromatic N) is 2. The lowest BCUT2D eigenvalue weighted by atomic mass is 10.1. The van der Waals surface area contributed by atoms with Crippen LogP contribution in [0.4, 0.5) is 0 Å². The van der Waals surface area contributed by atoms with E-state index in [4.69, 9.17) is 0 Å². The molecule has 0 bridgehead atoms. The van der Waals surface area contributed by atoms with Gasteiger partial charge in [0.15, 0.2) is 0 Å². The molecule has 0 spiro atoms. The second-order valence-electron chi connectivity index (χ2n) is 5.18. The van der Waals surface area contributed by atoms with E-state index in [-0.39, 0.29) is 11.9 Å². The molecule has 2 saturated heterocycles. The van der Waals surface area contributed by atoms with Gasteiger partial charge >= 0.3 is 0 Å². The number of hydrogen-bond donors (Lipinski definition) is 1. The van der Waals surface area contributed by atoms with Gasteiger partial charge in [0.25, 0.3) is 0 Å². The molecule has 2 aliphatic rings. The molecule has 0 aromatic rings. The lowest BCUT2D eigenvalue weighted by molar-refractivity contribution is -0.135. The first-order valence-electron chi connectivity index (χ1n) is 6.42. The molecule has 4 nitrogen and oxygen atoms in total. The lowest BCUT2D eigenvalue weighted by Gasteiger charge is -2.37. The maximum absolute atomic E-state index is 12.1. The average Bonchev–Trinajstić information content (AvgIpc) is 2.81. The normalized spacial score (nSPS) is 30.5. The number of rotatable bonds is 3.